The Labute approximate surface area is 174 Å². The predicted octanol–water partition coefficient (Wildman–Crippen LogP) is 1.51. The van der Waals surface area contributed by atoms with Crippen molar-refractivity contribution in [3.8, 4) is 0 Å². The molecule has 2 fully saturated rings. The second kappa shape index (κ2) is 9.80. The molecule has 0 spiro atoms. The Balaban J connectivity index is 1.34. The molecule has 0 radical (unpaired) electrons. The van der Waals surface area contributed by atoms with E-state index in [0.717, 1.165) is 82.2 Å². The molecule has 164 valence electrons. The van der Waals surface area contributed by atoms with Crippen LogP contribution in [0.2, 0.25) is 0 Å². The molecule has 4 rings (SSSR count). The number of ether oxygens (including phenoxy) is 1. The number of benzene rings is 1. The van der Waals surface area contributed by atoms with Crippen molar-refractivity contribution in [1.29, 1.82) is 0 Å². The number of hydrogen-bond donors (Lipinski definition) is 0. The van der Waals surface area contributed by atoms with Gasteiger partial charge in [-0.2, -0.15) is 0 Å². The molecule has 7 nitrogen and oxygen atoms in total. The van der Waals surface area contributed by atoms with Crippen molar-refractivity contribution in [2.24, 2.45) is 0 Å². The second-order valence-corrected chi connectivity index (χ2v) is 7.93. The molecule has 9 heteroatoms. The smallest absolute Gasteiger partial charge is 0.261 e. The lowest BCUT2D eigenvalue weighted by Crippen LogP contribution is -2.48. The molecule has 2 aliphatic heterocycles. The molecule has 0 N–H and O–H groups in total. The van der Waals surface area contributed by atoms with Crippen LogP contribution in [-0.2, 0) is 11.3 Å². The average Bonchev–Trinajstić information content (AvgIpc) is 3.03. The zero-order chi connectivity index (χ0) is 20.9. The standard InChI is InChI=1S/C21H29F2N5O2/c22-20(23)15-28-16-24-19-14-17(2-3-18(19)21(28)29)27-9-7-26(8-10-27)6-5-25-4-1-12-30-13-11-25/h2-3,14,16,20H,1,4-13,15H2. The number of nitrogens with zero attached hydrogens (tertiary/aromatic N) is 5. The fourth-order valence-corrected chi connectivity index (χ4v) is 4.16. The highest BCUT2D eigenvalue weighted by atomic mass is 19.3. The number of piperazine rings is 1. The van der Waals surface area contributed by atoms with Gasteiger partial charge < -0.3 is 9.64 Å². The summed E-state index contributed by atoms with van der Waals surface area (Å²) in [5.41, 5.74) is 1.15. The van der Waals surface area contributed by atoms with E-state index < -0.39 is 18.5 Å². The van der Waals surface area contributed by atoms with Gasteiger partial charge in [0.25, 0.3) is 12.0 Å². The number of hydrogen-bond acceptors (Lipinski definition) is 6. The molecule has 0 bridgehead atoms. The first-order valence-electron chi connectivity index (χ1n) is 10.6. The Morgan fingerprint density at radius 2 is 1.77 bits per heavy atom. The number of anilines is 1. The summed E-state index contributed by atoms with van der Waals surface area (Å²) in [6.45, 7) is 9.16. The lowest BCUT2D eigenvalue weighted by molar-refractivity contribution is 0.125. The van der Waals surface area contributed by atoms with Gasteiger partial charge in [-0.25, -0.2) is 13.8 Å². The van der Waals surface area contributed by atoms with Crippen LogP contribution in [0.4, 0.5) is 14.5 Å². The van der Waals surface area contributed by atoms with Gasteiger partial charge in [0.05, 0.1) is 30.4 Å². The fourth-order valence-electron chi connectivity index (χ4n) is 4.16. The minimum atomic E-state index is -2.58. The van der Waals surface area contributed by atoms with Crippen molar-refractivity contribution in [2.45, 2.75) is 19.4 Å². The summed E-state index contributed by atoms with van der Waals surface area (Å²) in [7, 11) is 0. The molecule has 1 aromatic carbocycles. The zero-order valence-electron chi connectivity index (χ0n) is 17.2. The maximum atomic E-state index is 12.6. The number of aromatic nitrogens is 2. The molecule has 2 aromatic rings. The first-order chi connectivity index (χ1) is 14.6. The summed E-state index contributed by atoms with van der Waals surface area (Å²) < 4.78 is 31.7. The normalized spacial score (nSPS) is 19.5. The second-order valence-electron chi connectivity index (χ2n) is 7.93. The quantitative estimate of drug-likeness (QED) is 0.705. The highest BCUT2D eigenvalue weighted by Gasteiger charge is 2.19. The van der Waals surface area contributed by atoms with Crippen LogP contribution in [0.25, 0.3) is 10.9 Å². The number of rotatable bonds is 6. The summed E-state index contributed by atoms with van der Waals surface area (Å²) in [6.07, 6.45) is -0.256. The largest absolute Gasteiger partial charge is 0.380 e. The third-order valence-electron chi connectivity index (χ3n) is 5.93. The van der Waals surface area contributed by atoms with E-state index in [9.17, 15) is 13.6 Å². The van der Waals surface area contributed by atoms with Crippen molar-refractivity contribution in [2.75, 3.05) is 70.5 Å². The van der Waals surface area contributed by atoms with E-state index >= 15 is 0 Å². The molecule has 2 saturated heterocycles. The van der Waals surface area contributed by atoms with Gasteiger partial charge in [0.2, 0.25) is 0 Å². The number of fused-ring (bicyclic) bond motifs is 1. The monoisotopic (exact) mass is 421 g/mol. The van der Waals surface area contributed by atoms with E-state index in [0.29, 0.717) is 10.9 Å². The van der Waals surface area contributed by atoms with E-state index in [4.69, 9.17) is 4.74 Å². The Morgan fingerprint density at radius 3 is 2.53 bits per heavy atom. The lowest BCUT2D eigenvalue weighted by Gasteiger charge is -2.37. The summed E-state index contributed by atoms with van der Waals surface area (Å²) in [6, 6.07) is 5.48. The highest BCUT2D eigenvalue weighted by Crippen LogP contribution is 2.20. The third-order valence-corrected chi connectivity index (χ3v) is 5.93. The van der Waals surface area contributed by atoms with Gasteiger partial charge in [-0.3, -0.25) is 19.2 Å². The minimum absolute atomic E-state index is 0.377. The summed E-state index contributed by atoms with van der Waals surface area (Å²) in [5, 5.41) is 0.377. The zero-order valence-corrected chi connectivity index (χ0v) is 17.2. The van der Waals surface area contributed by atoms with Gasteiger partial charge in [0.1, 0.15) is 0 Å². The molecule has 30 heavy (non-hydrogen) atoms. The van der Waals surface area contributed by atoms with Gasteiger partial charge in [-0.15, -0.1) is 0 Å². The van der Waals surface area contributed by atoms with Crippen molar-refractivity contribution >= 4 is 16.6 Å². The molecule has 3 heterocycles. The van der Waals surface area contributed by atoms with Crippen molar-refractivity contribution in [1.82, 2.24) is 19.4 Å². The predicted molar refractivity (Wildman–Crippen MR) is 113 cm³/mol. The molecule has 0 aliphatic carbocycles. The van der Waals surface area contributed by atoms with Crippen LogP contribution in [0, 0.1) is 0 Å². The van der Waals surface area contributed by atoms with Gasteiger partial charge >= 0.3 is 0 Å². The van der Waals surface area contributed by atoms with Crippen molar-refractivity contribution in [3.63, 3.8) is 0 Å². The van der Waals surface area contributed by atoms with Crippen LogP contribution < -0.4 is 10.5 Å². The highest BCUT2D eigenvalue weighted by molar-refractivity contribution is 5.81. The lowest BCUT2D eigenvalue weighted by atomic mass is 10.2. The molecule has 1 aromatic heterocycles. The van der Waals surface area contributed by atoms with E-state index in [-0.39, 0.29) is 0 Å². The Hall–Kier alpha value is -2.10. The van der Waals surface area contributed by atoms with Crippen molar-refractivity contribution in [3.05, 3.63) is 34.9 Å². The summed E-state index contributed by atoms with van der Waals surface area (Å²) in [4.78, 5) is 23.9. The van der Waals surface area contributed by atoms with Gasteiger partial charge in [0.15, 0.2) is 0 Å². The van der Waals surface area contributed by atoms with Gasteiger partial charge in [0, 0.05) is 64.7 Å². The van der Waals surface area contributed by atoms with Crippen LogP contribution in [0.5, 0.6) is 0 Å². The van der Waals surface area contributed by atoms with E-state index in [2.05, 4.69) is 19.7 Å². The Kier molecular flexibility index (Phi) is 6.91. The van der Waals surface area contributed by atoms with Crippen LogP contribution >= 0.6 is 0 Å². The topological polar surface area (TPSA) is 53.8 Å². The number of halogens is 2. The molecule has 0 atom stereocenters. The first-order valence-corrected chi connectivity index (χ1v) is 10.6. The Morgan fingerprint density at radius 1 is 1.00 bits per heavy atom. The maximum absolute atomic E-state index is 12.6. The Bertz CT molecular complexity index is 891. The first kappa shape index (κ1) is 21.1. The van der Waals surface area contributed by atoms with Gasteiger partial charge in [-0.05, 0) is 24.6 Å². The molecule has 2 aliphatic rings. The SMILES string of the molecule is O=c1c2ccc(N3CCN(CCN4CCCOCC4)CC3)cc2ncn1CC(F)F. The van der Waals surface area contributed by atoms with Crippen LogP contribution in [0.15, 0.2) is 29.3 Å². The molecule has 0 unspecified atom stereocenters. The van der Waals surface area contributed by atoms with Crippen LogP contribution in [0.3, 0.4) is 0 Å². The van der Waals surface area contributed by atoms with E-state index in [1.807, 2.05) is 12.1 Å². The maximum Gasteiger partial charge on any atom is 0.261 e. The fraction of sp³-hybridized carbons (Fsp3) is 0.619. The summed E-state index contributed by atoms with van der Waals surface area (Å²) in [5.74, 6) is 0. The van der Waals surface area contributed by atoms with E-state index in [1.165, 1.54) is 6.33 Å². The van der Waals surface area contributed by atoms with Crippen molar-refractivity contribution < 1.29 is 13.5 Å². The number of alkyl halides is 2. The summed E-state index contributed by atoms with van der Waals surface area (Å²) >= 11 is 0. The van der Waals surface area contributed by atoms with E-state index in [1.54, 1.807) is 6.07 Å². The third kappa shape index (κ3) is 5.14. The minimum Gasteiger partial charge on any atom is -0.380 e. The average molecular weight is 421 g/mol. The van der Waals surface area contributed by atoms with Gasteiger partial charge in [-0.1, -0.05) is 0 Å². The molecule has 0 saturated carbocycles. The molecular weight excluding hydrogens is 392 g/mol. The molecular formula is C21H29F2N5O2. The van der Waals surface area contributed by atoms with Crippen LogP contribution in [-0.4, -0.2) is 91.3 Å². The van der Waals surface area contributed by atoms with Crippen LogP contribution in [0.1, 0.15) is 6.42 Å². The molecule has 0 amide bonds.